The molecule has 3 rings (SSSR count). The molecule has 0 saturated carbocycles. The summed E-state index contributed by atoms with van der Waals surface area (Å²) in [7, 11) is 3.17. The molecule has 7 heteroatoms. The van der Waals surface area contributed by atoms with E-state index in [0.29, 0.717) is 17.3 Å². The Bertz CT molecular complexity index is 929. The van der Waals surface area contributed by atoms with Crippen LogP contribution in [0.1, 0.15) is 0 Å². The zero-order valence-electron chi connectivity index (χ0n) is 15.6. The predicted octanol–water partition coefficient (Wildman–Crippen LogP) is 3.86. The van der Waals surface area contributed by atoms with Crippen molar-refractivity contribution in [1.82, 2.24) is 4.98 Å². The zero-order chi connectivity index (χ0) is 19.8. The van der Waals surface area contributed by atoms with E-state index in [0.717, 1.165) is 17.1 Å². The molecule has 7 nitrogen and oxygen atoms in total. The number of carbonyl (C=O) groups is 1. The van der Waals surface area contributed by atoms with E-state index in [2.05, 4.69) is 15.6 Å². The number of ether oxygens (including phenoxy) is 3. The minimum atomic E-state index is -0.313. The average Bonchev–Trinajstić information content (AvgIpc) is 2.74. The molecule has 0 fully saturated rings. The molecule has 0 saturated heterocycles. The van der Waals surface area contributed by atoms with Gasteiger partial charge in [0.05, 0.1) is 26.1 Å². The van der Waals surface area contributed by atoms with Crippen LogP contribution in [-0.2, 0) is 4.79 Å². The van der Waals surface area contributed by atoms with Gasteiger partial charge in [0.15, 0.2) is 18.1 Å². The SMILES string of the molecule is COc1cccc(Nc2ccc(NC(=O)COc3ccccc3OC)nc2)c1. The third-order valence-corrected chi connectivity index (χ3v) is 3.82. The number of nitrogens with zero attached hydrogens (tertiary/aromatic N) is 1. The van der Waals surface area contributed by atoms with Crippen LogP contribution in [0.15, 0.2) is 66.9 Å². The summed E-state index contributed by atoms with van der Waals surface area (Å²) in [6.07, 6.45) is 1.64. The Balaban J connectivity index is 1.54. The van der Waals surface area contributed by atoms with Crippen molar-refractivity contribution in [2.45, 2.75) is 0 Å². The smallest absolute Gasteiger partial charge is 0.263 e. The van der Waals surface area contributed by atoms with E-state index < -0.39 is 0 Å². The van der Waals surface area contributed by atoms with Gasteiger partial charge in [-0.15, -0.1) is 0 Å². The van der Waals surface area contributed by atoms with Gasteiger partial charge in [-0.25, -0.2) is 4.98 Å². The van der Waals surface area contributed by atoms with Gasteiger partial charge in [0, 0.05) is 11.8 Å². The lowest BCUT2D eigenvalue weighted by atomic mass is 10.3. The van der Waals surface area contributed by atoms with Crippen LogP contribution in [-0.4, -0.2) is 31.7 Å². The van der Waals surface area contributed by atoms with Crippen molar-refractivity contribution in [3.8, 4) is 17.2 Å². The molecule has 0 aliphatic heterocycles. The van der Waals surface area contributed by atoms with E-state index in [-0.39, 0.29) is 12.5 Å². The van der Waals surface area contributed by atoms with Crippen LogP contribution in [0.2, 0.25) is 0 Å². The second-order valence-electron chi connectivity index (χ2n) is 5.78. The lowest BCUT2D eigenvalue weighted by Gasteiger charge is -2.11. The zero-order valence-corrected chi connectivity index (χ0v) is 15.6. The highest BCUT2D eigenvalue weighted by Crippen LogP contribution is 2.25. The molecule has 0 bridgehead atoms. The van der Waals surface area contributed by atoms with E-state index in [4.69, 9.17) is 14.2 Å². The number of para-hydroxylation sites is 2. The maximum atomic E-state index is 12.1. The van der Waals surface area contributed by atoms with Crippen molar-refractivity contribution < 1.29 is 19.0 Å². The van der Waals surface area contributed by atoms with E-state index in [1.807, 2.05) is 42.5 Å². The predicted molar refractivity (Wildman–Crippen MR) is 108 cm³/mol. The van der Waals surface area contributed by atoms with Gasteiger partial charge in [-0.2, -0.15) is 0 Å². The summed E-state index contributed by atoms with van der Waals surface area (Å²) in [5.41, 5.74) is 1.67. The largest absolute Gasteiger partial charge is 0.497 e. The Morgan fingerprint density at radius 1 is 0.929 bits per heavy atom. The summed E-state index contributed by atoms with van der Waals surface area (Å²) >= 11 is 0. The highest BCUT2D eigenvalue weighted by atomic mass is 16.5. The summed E-state index contributed by atoms with van der Waals surface area (Å²) in [4.78, 5) is 16.3. The van der Waals surface area contributed by atoms with Crippen molar-refractivity contribution in [2.24, 2.45) is 0 Å². The molecule has 144 valence electrons. The molecular weight excluding hydrogens is 358 g/mol. The van der Waals surface area contributed by atoms with Crippen LogP contribution in [0.4, 0.5) is 17.2 Å². The van der Waals surface area contributed by atoms with Crippen LogP contribution in [0, 0.1) is 0 Å². The Hall–Kier alpha value is -3.74. The van der Waals surface area contributed by atoms with Gasteiger partial charge in [0.1, 0.15) is 11.6 Å². The van der Waals surface area contributed by atoms with Crippen molar-refractivity contribution in [3.63, 3.8) is 0 Å². The summed E-state index contributed by atoms with van der Waals surface area (Å²) in [5, 5.41) is 5.92. The molecule has 28 heavy (non-hydrogen) atoms. The van der Waals surface area contributed by atoms with Crippen molar-refractivity contribution in [1.29, 1.82) is 0 Å². The second-order valence-corrected chi connectivity index (χ2v) is 5.78. The Kier molecular flexibility index (Phi) is 6.30. The molecule has 0 radical (unpaired) electrons. The molecule has 1 heterocycles. The molecule has 3 aromatic rings. The lowest BCUT2D eigenvalue weighted by Crippen LogP contribution is -2.20. The van der Waals surface area contributed by atoms with Gasteiger partial charge in [-0.05, 0) is 36.4 Å². The van der Waals surface area contributed by atoms with E-state index >= 15 is 0 Å². The summed E-state index contributed by atoms with van der Waals surface area (Å²) in [5.74, 6) is 1.96. The fourth-order valence-corrected chi connectivity index (χ4v) is 2.47. The summed E-state index contributed by atoms with van der Waals surface area (Å²) in [6.45, 7) is -0.147. The third kappa shape index (κ3) is 5.14. The highest BCUT2D eigenvalue weighted by Gasteiger charge is 2.08. The number of pyridine rings is 1. The number of carbonyl (C=O) groups excluding carboxylic acids is 1. The van der Waals surface area contributed by atoms with Gasteiger partial charge < -0.3 is 24.8 Å². The Labute approximate surface area is 163 Å². The van der Waals surface area contributed by atoms with Crippen molar-refractivity contribution >= 4 is 23.1 Å². The third-order valence-electron chi connectivity index (χ3n) is 3.82. The molecule has 1 amide bonds. The molecule has 0 aliphatic carbocycles. The van der Waals surface area contributed by atoms with Gasteiger partial charge in [-0.3, -0.25) is 4.79 Å². The summed E-state index contributed by atoms with van der Waals surface area (Å²) in [6, 6.07) is 18.2. The highest BCUT2D eigenvalue weighted by molar-refractivity contribution is 5.91. The molecule has 2 N–H and O–H groups in total. The van der Waals surface area contributed by atoms with Crippen molar-refractivity contribution in [3.05, 3.63) is 66.9 Å². The second kappa shape index (κ2) is 9.27. The van der Waals surface area contributed by atoms with Gasteiger partial charge in [0.2, 0.25) is 0 Å². The number of hydrogen-bond donors (Lipinski definition) is 2. The molecule has 1 aromatic heterocycles. The number of anilines is 3. The topological polar surface area (TPSA) is 81.7 Å². The first kappa shape index (κ1) is 19.0. The quantitative estimate of drug-likeness (QED) is 0.619. The normalized spacial score (nSPS) is 10.1. The van der Waals surface area contributed by atoms with Crippen LogP contribution < -0.4 is 24.8 Å². The van der Waals surface area contributed by atoms with Crippen molar-refractivity contribution in [2.75, 3.05) is 31.5 Å². The average molecular weight is 379 g/mol. The van der Waals surface area contributed by atoms with E-state index in [9.17, 15) is 4.79 Å². The monoisotopic (exact) mass is 379 g/mol. The number of benzene rings is 2. The molecule has 0 spiro atoms. The Morgan fingerprint density at radius 3 is 2.46 bits per heavy atom. The number of rotatable bonds is 8. The number of amides is 1. The van der Waals surface area contributed by atoms with Crippen LogP contribution in [0.25, 0.3) is 0 Å². The number of hydrogen-bond acceptors (Lipinski definition) is 6. The van der Waals surface area contributed by atoms with E-state index in [1.54, 1.807) is 38.6 Å². The van der Waals surface area contributed by atoms with Gasteiger partial charge in [-0.1, -0.05) is 18.2 Å². The maximum absolute atomic E-state index is 12.1. The number of methoxy groups -OCH3 is 2. The first-order chi connectivity index (χ1) is 13.7. The van der Waals surface area contributed by atoms with E-state index in [1.165, 1.54) is 0 Å². The first-order valence-corrected chi connectivity index (χ1v) is 8.61. The Morgan fingerprint density at radius 2 is 1.75 bits per heavy atom. The minimum Gasteiger partial charge on any atom is -0.497 e. The fraction of sp³-hybridized carbons (Fsp3) is 0.143. The minimum absolute atomic E-state index is 0.147. The van der Waals surface area contributed by atoms with Gasteiger partial charge >= 0.3 is 0 Å². The molecular formula is C21H21N3O4. The molecule has 0 aliphatic rings. The molecule has 2 aromatic carbocycles. The first-order valence-electron chi connectivity index (χ1n) is 8.61. The number of nitrogens with one attached hydrogen (secondary N) is 2. The molecule has 0 unspecified atom stereocenters. The fourth-order valence-electron chi connectivity index (χ4n) is 2.47. The van der Waals surface area contributed by atoms with Crippen LogP contribution in [0.3, 0.4) is 0 Å². The standard InChI is InChI=1S/C21H21N3O4/c1-26-17-7-5-6-15(12-17)23-16-10-11-20(22-13-16)24-21(25)14-28-19-9-4-3-8-18(19)27-2/h3-13,23H,14H2,1-2H3,(H,22,24,25). The summed E-state index contributed by atoms with van der Waals surface area (Å²) < 4.78 is 15.9. The molecule has 0 atom stereocenters. The van der Waals surface area contributed by atoms with Gasteiger partial charge in [0.25, 0.3) is 5.91 Å². The lowest BCUT2D eigenvalue weighted by molar-refractivity contribution is -0.118. The number of aromatic nitrogens is 1. The van der Waals surface area contributed by atoms with Crippen LogP contribution in [0.5, 0.6) is 17.2 Å². The maximum Gasteiger partial charge on any atom is 0.263 e. The van der Waals surface area contributed by atoms with Crippen LogP contribution >= 0.6 is 0 Å².